The molecule has 0 spiro atoms. The summed E-state index contributed by atoms with van der Waals surface area (Å²) >= 11 is 0.567. The van der Waals surface area contributed by atoms with Gasteiger partial charge in [0, 0.05) is 51.4 Å². The van der Waals surface area contributed by atoms with Gasteiger partial charge in [0.2, 0.25) is 0 Å². The number of hydrogen-bond acceptors (Lipinski definition) is 1. The molecule has 0 fully saturated rings. The minimum Gasteiger partial charge on any atom is 0 e. The molecule has 0 heterocycles. The van der Waals surface area contributed by atoms with Crippen molar-refractivity contribution < 1.29 is 30.9 Å². The van der Waals surface area contributed by atoms with Crippen LogP contribution in [-0.2, 0) is 30.9 Å². The second-order valence-corrected chi connectivity index (χ2v) is 6.83. The van der Waals surface area contributed by atoms with Gasteiger partial charge < -0.3 is 0 Å². The Morgan fingerprint density at radius 3 is 1.78 bits per heavy atom. The molecule has 0 aromatic carbocycles. The molecule has 1 nitrogen and oxygen atoms in total. The number of hydrogen-bond donors (Lipinski definition) is 0. The smallest absolute Gasteiger partial charge is 0 e. The summed E-state index contributed by atoms with van der Waals surface area (Å²) in [6.07, 6.45) is 7.29. The minimum atomic E-state index is 0. The predicted octanol–water partition coefficient (Wildman–Crippen LogP) is 3.05. The van der Waals surface area contributed by atoms with E-state index in [2.05, 4.69) is 38.2 Å². The van der Waals surface area contributed by atoms with Crippen LogP contribution in [0.4, 0.5) is 0 Å². The molecular weight excluding hydrogens is 436 g/mol. The maximum atomic E-state index is 4.89. The molecule has 3 heteroatoms. The van der Waals surface area contributed by atoms with E-state index in [4.69, 9.17) is 4.74 Å². The van der Waals surface area contributed by atoms with Gasteiger partial charge in [-0.3, -0.25) is 0 Å². The van der Waals surface area contributed by atoms with E-state index in [9.17, 15) is 0 Å². The van der Waals surface area contributed by atoms with Crippen LogP contribution in [0.5, 0.6) is 0 Å². The summed E-state index contributed by atoms with van der Waals surface area (Å²) in [6.45, 7) is 15.1. The molecule has 0 unspecified atom stereocenters. The van der Waals surface area contributed by atoms with Crippen LogP contribution in [-0.4, -0.2) is 58.5 Å². The summed E-state index contributed by atoms with van der Waals surface area (Å²) in [7, 11) is 1.57. The van der Waals surface area contributed by atoms with Gasteiger partial charge >= 0.3 is 120 Å². The third-order valence-corrected chi connectivity index (χ3v) is 2.55. The van der Waals surface area contributed by atoms with Crippen molar-refractivity contribution in [1.29, 1.82) is 0 Å². The fraction of sp³-hybridized carbons (Fsp3) is 0.0667. The summed E-state index contributed by atoms with van der Waals surface area (Å²) in [4.78, 5) is 0. The SMILES string of the molecule is C=[C]([Hg])/C=C\C(=C)C#CC(=C)/C=C\C(=C)OC.[K]. The molecule has 0 amide bonds. The van der Waals surface area contributed by atoms with Crippen molar-refractivity contribution in [3.63, 3.8) is 0 Å². The summed E-state index contributed by atoms with van der Waals surface area (Å²) in [5, 5.41) is 0. The first kappa shape index (κ1) is 20.7. The standard InChI is InChI=1S/C15H15O.Hg.K/c1-6-7-8-13(2)9-10-14(3)11-12-15(4)16-5;;/h7-8,11-12H,1-4H2,5H3;;/b8-7-,12-11-;;. The first-order valence-corrected chi connectivity index (χ1v) is 7.70. The fourth-order valence-corrected chi connectivity index (χ4v) is 1.18. The molecule has 0 aliphatic heterocycles. The Hall–Kier alpha value is 0.371. The second-order valence-electron chi connectivity index (χ2n) is 3.30. The number of methoxy groups -OCH3 is 1. The molecule has 0 aliphatic rings. The topological polar surface area (TPSA) is 9.23 Å². The van der Waals surface area contributed by atoms with Crippen LogP contribution >= 0.6 is 0 Å². The van der Waals surface area contributed by atoms with Gasteiger partial charge in [-0.15, -0.1) is 0 Å². The van der Waals surface area contributed by atoms with Gasteiger partial charge in [0.1, 0.15) is 0 Å². The van der Waals surface area contributed by atoms with Gasteiger partial charge in [0.15, 0.2) is 0 Å². The molecule has 0 rings (SSSR count). The van der Waals surface area contributed by atoms with Crippen molar-refractivity contribution in [2.45, 2.75) is 0 Å². The molecule has 0 aliphatic carbocycles. The monoisotopic (exact) mass is 452 g/mol. The molecule has 0 saturated heterocycles. The number of ether oxygens (including phenoxy) is 1. The van der Waals surface area contributed by atoms with Gasteiger partial charge in [-0.05, 0) is 0 Å². The first-order valence-electron chi connectivity index (χ1n) is 4.95. The van der Waals surface area contributed by atoms with Gasteiger partial charge in [-0.2, -0.15) is 0 Å². The Balaban J connectivity index is 0. The first-order chi connectivity index (χ1) is 7.95. The van der Waals surface area contributed by atoms with Gasteiger partial charge in [0.05, 0.1) is 0 Å². The predicted molar refractivity (Wildman–Crippen MR) is 75.4 cm³/mol. The molecule has 0 saturated carbocycles. The fourth-order valence-electron chi connectivity index (χ4n) is 0.724. The van der Waals surface area contributed by atoms with E-state index in [1.54, 1.807) is 19.3 Å². The third kappa shape index (κ3) is 12.8. The molecule has 0 N–H and O–H groups in total. The van der Waals surface area contributed by atoms with E-state index >= 15 is 0 Å². The van der Waals surface area contributed by atoms with Crippen LogP contribution in [0.25, 0.3) is 0 Å². The van der Waals surface area contributed by atoms with Gasteiger partial charge in [0.25, 0.3) is 0 Å². The van der Waals surface area contributed by atoms with Crippen molar-refractivity contribution in [3.05, 3.63) is 70.6 Å². The molecule has 18 heavy (non-hydrogen) atoms. The summed E-state index contributed by atoms with van der Waals surface area (Å²) in [5.41, 5.74) is 1.43. The van der Waals surface area contributed by atoms with E-state index in [0.29, 0.717) is 37.5 Å². The van der Waals surface area contributed by atoms with Crippen LogP contribution in [0.3, 0.4) is 0 Å². The molecule has 1 radical (unpaired) electrons. The zero-order valence-corrected chi connectivity index (χ0v) is 19.9. The molecule has 84 valence electrons. The molecule has 0 aromatic heterocycles. The van der Waals surface area contributed by atoms with Crippen molar-refractivity contribution in [2.24, 2.45) is 0 Å². The summed E-state index contributed by atoms with van der Waals surface area (Å²) in [5.74, 6) is 6.37. The third-order valence-electron chi connectivity index (χ3n) is 1.64. The Kier molecular flexibility index (Phi) is 14.3. The van der Waals surface area contributed by atoms with Crippen LogP contribution in [0.2, 0.25) is 0 Å². The summed E-state index contributed by atoms with van der Waals surface area (Å²) < 4.78 is 6.04. The molecule has 0 atom stereocenters. The van der Waals surface area contributed by atoms with Crippen LogP contribution < -0.4 is 0 Å². The second kappa shape index (κ2) is 12.4. The maximum absolute atomic E-state index is 4.89. The normalized spacial score (nSPS) is 9.28. The van der Waals surface area contributed by atoms with Crippen molar-refractivity contribution in [1.82, 2.24) is 0 Å². The average Bonchev–Trinajstić information content (AvgIpc) is 2.30. The van der Waals surface area contributed by atoms with Crippen molar-refractivity contribution in [3.8, 4) is 11.8 Å². The summed E-state index contributed by atoms with van der Waals surface area (Å²) in [6, 6.07) is 0. The number of rotatable bonds is 5. The van der Waals surface area contributed by atoms with E-state index < -0.39 is 0 Å². The Morgan fingerprint density at radius 1 is 0.944 bits per heavy atom. The van der Waals surface area contributed by atoms with Gasteiger partial charge in [-0.25, -0.2) is 0 Å². The van der Waals surface area contributed by atoms with Crippen molar-refractivity contribution >= 4 is 51.4 Å². The number of allylic oxidation sites excluding steroid dienone is 7. The van der Waals surface area contributed by atoms with Crippen LogP contribution in [0.1, 0.15) is 0 Å². The zero-order chi connectivity index (χ0) is 13.3. The van der Waals surface area contributed by atoms with Crippen LogP contribution in [0, 0.1) is 11.8 Å². The Labute approximate surface area is 169 Å². The quantitative estimate of drug-likeness (QED) is 0.271. The average molecular weight is 451 g/mol. The molecule has 0 aromatic rings. The molecular formula is C15H15HgKO. The van der Waals surface area contributed by atoms with E-state index in [1.807, 2.05) is 12.2 Å². The van der Waals surface area contributed by atoms with E-state index in [1.165, 1.54) is 0 Å². The van der Waals surface area contributed by atoms with E-state index in [0.717, 1.165) is 8.65 Å². The zero-order valence-electron chi connectivity index (χ0n) is 11.3. The van der Waals surface area contributed by atoms with Crippen molar-refractivity contribution in [2.75, 3.05) is 7.11 Å². The van der Waals surface area contributed by atoms with Gasteiger partial charge in [-0.1, -0.05) is 0 Å². The molecule has 0 bridgehead atoms. The van der Waals surface area contributed by atoms with Crippen LogP contribution in [0.15, 0.2) is 70.6 Å². The minimum absolute atomic E-state index is 0. The van der Waals surface area contributed by atoms with E-state index in [-0.39, 0.29) is 51.4 Å². The Bertz CT molecular complexity index is 459. The Morgan fingerprint density at radius 2 is 1.39 bits per heavy atom.